The van der Waals surface area contributed by atoms with Crippen LogP contribution in [-0.4, -0.2) is 61.8 Å². The molecule has 0 atom stereocenters. The molecule has 1 aromatic carbocycles. The van der Waals surface area contributed by atoms with E-state index in [0.717, 1.165) is 18.5 Å². The number of alkyl halides is 3. The summed E-state index contributed by atoms with van der Waals surface area (Å²) in [5, 5.41) is 6.59. The number of amides is 3. The SMILES string of the molecule is CC(=O)c1ccc(-n2cc(NC(=O)c3coc(-c4ccnc(N(CC(F)(F)F)C(=O)OC(C)(C)C)c4)n3)c(C(N)=O)n2)cc1. The van der Waals surface area contributed by atoms with Crippen molar-refractivity contribution in [2.45, 2.75) is 39.5 Å². The Hall–Kier alpha value is -5.54. The van der Waals surface area contributed by atoms with Crippen molar-refractivity contribution < 1.29 is 41.5 Å². The summed E-state index contributed by atoms with van der Waals surface area (Å²) in [6.45, 7) is 4.25. The Labute approximate surface area is 247 Å². The minimum Gasteiger partial charge on any atom is -0.444 e. The van der Waals surface area contributed by atoms with Crippen LogP contribution in [0.4, 0.5) is 29.5 Å². The number of nitrogens with one attached hydrogen (secondary N) is 1. The lowest BCUT2D eigenvalue weighted by molar-refractivity contribution is -0.119. The zero-order valence-electron chi connectivity index (χ0n) is 23.8. The van der Waals surface area contributed by atoms with Gasteiger partial charge in [0, 0.05) is 17.3 Å². The number of ketones is 1. The number of Topliss-reactive ketones (excluding diaryl/α,β-unsaturated/α-hetero) is 1. The highest BCUT2D eigenvalue weighted by Crippen LogP contribution is 2.27. The third-order valence-electron chi connectivity index (χ3n) is 5.69. The second-order valence-electron chi connectivity index (χ2n) is 10.4. The van der Waals surface area contributed by atoms with Crippen molar-refractivity contribution in [1.82, 2.24) is 19.7 Å². The van der Waals surface area contributed by atoms with E-state index in [1.54, 1.807) is 24.3 Å². The largest absolute Gasteiger partial charge is 0.444 e. The first kappa shape index (κ1) is 31.4. The maximum atomic E-state index is 13.3. The van der Waals surface area contributed by atoms with Crippen molar-refractivity contribution in [2.75, 3.05) is 16.8 Å². The minimum absolute atomic E-state index is 0.0472. The zero-order valence-corrected chi connectivity index (χ0v) is 23.8. The number of pyridine rings is 1. The second-order valence-corrected chi connectivity index (χ2v) is 10.4. The van der Waals surface area contributed by atoms with Crippen molar-refractivity contribution in [3.8, 4) is 17.1 Å². The summed E-state index contributed by atoms with van der Waals surface area (Å²) in [4.78, 5) is 57.4. The molecule has 16 heteroatoms. The fraction of sp³-hybridized carbons (Fsp3) is 0.250. The maximum absolute atomic E-state index is 13.3. The third-order valence-corrected chi connectivity index (χ3v) is 5.69. The number of aromatic nitrogens is 4. The van der Waals surface area contributed by atoms with Crippen molar-refractivity contribution in [3.63, 3.8) is 0 Å². The zero-order chi connectivity index (χ0) is 32.4. The molecule has 0 spiro atoms. The number of nitrogens with two attached hydrogens (primary N) is 1. The number of hydrogen-bond donors (Lipinski definition) is 2. The molecule has 3 N–H and O–H groups in total. The molecular formula is C28H26F3N7O6. The first-order chi connectivity index (χ1) is 20.5. The molecule has 4 aromatic rings. The van der Waals surface area contributed by atoms with Crippen molar-refractivity contribution in [2.24, 2.45) is 5.73 Å². The molecule has 13 nitrogen and oxygen atoms in total. The highest BCUT2D eigenvalue weighted by Gasteiger charge is 2.36. The number of ether oxygens (including phenoxy) is 1. The lowest BCUT2D eigenvalue weighted by Gasteiger charge is -2.27. The number of nitrogens with zero attached hydrogens (tertiary/aromatic N) is 5. The molecule has 0 aliphatic heterocycles. The van der Waals surface area contributed by atoms with Crippen molar-refractivity contribution >= 4 is 35.2 Å². The molecule has 0 fully saturated rings. The van der Waals surface area contributed by atoms with Crippen LogP contribution in [-0.2, 0) is 4.74 Å². The third kappa shape index (κ3) is 7.64. The molecule has 44 heavy (non-hydrogen) atoms. The predicted octanol–water partition coefficient (Wildman–Crippen LogP) is 4.78. The highest BCUT2D eigenvalue weighted by molar-refractivity contribution is 6.07. The van der Waals surface area contributed by atoms with Gasteiger partial charge >= 0.3 is 12.3 Å². The predicted molar refractivity (Wildman–Crippen MR) is 149 cm³/mol. The summed E-state index contributed by atoms with van der Waals surface area (Å²) in [6, 6.07) is 8.79. The summed E-state index contributed by atoms with van der Waals surface area (Å²) in [7, 11) is 0. The van der Waals surface area contributed by atoms with E-state index in [1.165, 1.54) is 44.6 Å². The van der Waals surface area contributed by atoms with Crippen LogP contribution in [0.3, 0.4) is 0 Å². The standard InChI is InChI=1S/C28H26F3N7O6/c1-15(39)16-5-7-18(8-6-16)38-12-19(22(36-38)23(32)40)34-24(41)20-13-43-25(35-20)17-9-10-33-21(11-17)37(14-28(29,30)31)26(42)44-27(2,3)4/h5-13H,14H2,1-4H3,(H2,32,40)(H,34,41). The van der Waals surface area contributed by atoms with Gasteiger partial charge in [0.2, 0.25) is 5.89 Å². The smallest absolute Gasteiger partial charge is 0.416 e. The number of halogens is 3. The lowest BCUT2D eigenvalue weighted by Crippen LogP contribution is -2.42. The summed E-state index contributed by atoms with van der Waals surface area (Å²) in [5.74, 6) is -2.47. The molecule has 0 saturated heterocycles. The number of anilines is 2. The Morgan fingerprint density at radius 3 is 2.36 bits per heavy atom. The fourth-order valence-electron chi connectivity index (χ4n) is 3.76. The number of oxazole rings is 1. The van der Waals surface area contributed by atoms with Crippen LogP contribution >= 0.6 is 0 Å². The van der Waals surface area contributed by atoms with E-state index in [0.29, 0.717) is 16.2 Å². The van der Waals surface area contributed by atoms with Gasteiger partial charge in [-0.15, -0.1) is 0 Å². The van der Waals surface area contributed by atoms with Gasteiger partial charge in [-0.05, 0) is 64.1 Å². The summed E-state index contributed by atoms with van der Waals surface area (Å²) < 4.78 is 51.7. The number of carbonyl (C=O) groups excluding carboxylic acids is 4. The Kier molecular flexibility index (Phi) is 8.55. The normalized spacial score (nSPS) is 11.6. The molecule has 0 saturated carbocycles. The van der Waals surface area contributed by atoms with Crippen molar-refractivity contribution in [3.05, 3.63) is 72.0 Å². The minimum atomic E-state index is -4.77. The number of primary amides is 1. The van der Waals surface area contributed by atoms with Gasteiger partial charge in [0.1, 0.15) is 24.2 Å². The van der Waals surface area contributed by atoms with Crippen LogP contribution in [0, 0.1) is 0 Å². The van der Waals surface area contributed by atoms with E-state index in [9.17, 15) is 32.3 Å². The van der Waals surface area contributed by atoms with Gasteiger partial charge in [-0.3, -0.25) is 19.3 Å². The van der Waals surface area contributed by atoms with E-state index in [1.807, 2.05) is 0 Å². The Balaban J connectivity index is 1.58. The van der Waals surface area contributed by atoms with E-state index in [2.05, 4.69) is 20.4 Å². The monoisotopic (exact) mass is 613 g/mol. The second kappa shape index (κ2) is 12.0. The topological polar surface area (TPSA) is 176 Å². The van der Waals surface area contributed by atoms with Crippen LogP contribution in [0.1, 0.15) is 59.0 Å². The Morgan fingerprint density at radius 2 is 1.77 bits per heavy atom. The molecule has 4 rings (SSSR count). The Morgan fingerprint density at radius 1 is 1.09 bits per heavy atom. The van der Waals surface area contributed by atoms with Crippen LogP contribution in [0.5, 0.6) is 0 Å². The van der Waals surface area contributed by atoms with Crippen LogP contribution < -0.4 is 16.0 Å². The Bertz CT molecular complexity index is 1720. The molecule has 0 unspecified atom stereocenters. The van der Waals surface area contributed by atoms with Crippen molar-refractivity contribution in [1.29, 1.82) is 0 Å². The first-order valence-electron chi connectivity index (χ1n) is 12.8. The fourth-order valence-corrected chi connectivity index (χ4v) is 3.76. The van der Waals surface area contributed by atoms with Gasteiger partial charge in [0.15, 0.2) is 17.2 Å². The lowest BCUT2D eigenvalue weighted by atomic mass is 10.1. The average Bonchev–Trinajstić information content (AvgIpc) is 3.59. The molecule has 3 aromatic heterocycles. The number of benzene rings is 1. The molecule has 0 bridgehead atoms. The van der Waals surface area contributed by atoms with E-state index in [4.69, 9.17) is 14.9 Å². The molecule has 3 heterocycles. The number of hydrogen-bond acceptors (Lipinski definition) is 9. The van der Waals surface area contributed by atoms with Gasteiger partial charge in [0.05, 0.1) is 17.6 Å². The highest BCUT2D eigenvalue weighted by atomic mass is 19.4. The quantitative estimate of drug-likeness (QED) is 0.265. The molecule has 3 amide bonds. The molecule has 0 radical (unpaired) electrons. The molecule has 0 aliphatic rings. The van der Waals surface area contributed by atoms with Crippen LogP contribution in [0.25, 0.3) is 17.1 Å². The van der Waals surface area contributed by atoms with Gasteiger partial charge in [-0.1, -0.05) is 0 Å². The van der Waals surface area contributed by atoms with Gasteiger partial charge in [0.25, 0.3) is 11.8 Å². The maximum Gasteiger partial charge on any atom is 0.416 e. The molecule has 230 valence electrons. The first-order valence-corrected chi connectivity index (χ1v) is 12.8. The number of carbonyl (C=O) groups is 4. The van der Waals surface area contributed by atoms with E-state index < -0.39 is 42.0 Å². The number of rotatable bonds is 8. The average molecular weight is 614 g/mol. The summed E-state index contributed by atoms with van der Waals surface area (Å²) >= 11 is 0. The summed E-state index contributed by atoms with van der Waals surface area (Å²) in [5.41, 5.74) is 4.84. The van der Waals surface area contributed by atoms with E-state index >= 15 is 0 Å². The van der Waals surface area contributed by atoms with Crippen LogP contribution in [0.2, 0.25) is 0 Å². The van der Waals surface area contributed by atoms with Gasteiger partial charge < -0.3 is 20.2 Å². The van der Waals surface area contributed by atoms with Crippen LogP contribution in [0.15, 0.2) is 59.5 Å². The molecule has 0 aliphatic carbocycles. The summed E-state index contributed by atoms with van der Waals surface area (Å²) in [6.07, 6.45) is -2.58. The van der Waals surface area contributed by atoms with E-state index in [-0.39, 0.29) is 34.3 Å². The van der Waals surface area contributed by atoms with Gasteiger partial charge in [-0.2, -0.15) is 18.3 Å². The molecular weight excluding hydrogens is 587 g/mol. The van der Waals surface area contributed by atoms with Gasteiger partial charge in [-0.25, -0.2) is 19.4 Å².